The van der Waals surface area contributed by atoms with E-state index in [1.165, 1.54) is 0 Å². The van der Waals surface area contributed by atoms with Crippen LogP contribution in [-0.4, -0.2) is 48.3 Å². The number of hydrogen-bond donors (Lipinski definition) is 1. The Bertz CT molecular complexity index is 257. The van der Waals surface area contributed by atoms with Gasteiger partial charge in [0.1, 0.15) is 0 Å². The first kappa shape index (κ1) is 13.2. The van der Waals surface area contributed by atoms with Gasteiger partial charge in [-0.3, -0.25) is 4.90 Å². The number of likely N-dealkylation sites (N-methyl/N-ethyl adjacent to an activating group) is 1. The Hall–Kier alpha value is -0.870. The van der Waals surface area contributed by atoms with Gasteiger partial charge in [-0.15, -0.1) is 0 Å². The summed E-state index contributed by atoms with van der Waals surface area (Å²) >= 11 is 0. The van der Waals surface area contributed by atoms with Gasteiger partial charge >= 0.3 is 5.97 Å². The van der Waals surface area contributed by atoms with Crippen LogP contribution in [0.15, 0.2) is 11.6 Å². The number of aliphatic carboxylic acids is 1. The van der Waals surface area contributed by atoms with Crippen LogP contribution in [-0.2, 0) is 9.53 Å². The monoisotopic (exact) mass is 227 g/mol. The van der Waals surface area contributed by atoms with E-state index >= 15 is 0 Å². The molecule has 1 aliphatic rings. The second-order valence-corrected chi connectivity index (χ2v) is 4.18. The first-order chi connectivity index (χ1) is 7.63. The molecule has 0 spiro atoms. The fraction of sp³-hybridized carbons (Fsp3) is 0.750. The molecule has 0 saturated carbocycles. The third kappa shape index (κ3) is 4.33. The van der Waals surface area contributed by atoms with E-state index < -0.39 is 5.97 Å². The van der Waals surface area contributed by atoms with Crippen molar-refractivity contribution in [1.82, 2.24) is 4.90 Å². The highest BCUT2D eigenvalue weighted by Gasteiger charge is 2.17. The highest BCUT2D eigenvalue weighted by molar-refractivity contribution is 5.85. The fourth-order valence-electron chi connectivity index (χ4n) is 1.76. The van der Waals surface area contributed by atoms with Gasteiger partial charge < -0.3 is 9.84 Å². The molecule has 0 amide bonds. The highest BCUT2D eigenvalue weighted by atomic mass is 16.5. The second kappa shape index (κ2) is 6.66. The van der Waals surface area contributed by atoms with E-state index in [-0.39, 0.29) is 0 Å². The van der Waals surface area contributed by atoms with E-state index in [4.69, 9.17) is 9.84 Å². The van der Waals surface area contributed by atoms with Crippen LogP contribution >= 0.6 is 0 Å². The van der Waals surface area contributed by atoms with Crippen molar-refractivity contribution in [3.05, 3.63) is 11.6 Å². The SMILES string of the molecule is CCN(CC=C(C)C(=O)O)CC1CCCO1. The van der Waals surface area contributed by atoms with Crippen LogP contribution in [0.2, 0.25) is 0 Å². The minimum atomic E-state index is -0.840. The third-order valence-electron chi connectivity index (χ3n) is 2.93. The molecule has 0 radical (unpaired) electrons. The molecule has 1 unspecified atom stereocenters. The maximum atomic E-state index is 10.6. The van der Waals surface area contributed by atoms with E-state index in [1.54, 1.807) is 13.0 Å². The molecular formula is C12H21NO3. The van der Waals surface area contributed by atoms with Crippen LogP contribution < -0.4 is 0 Å². The average molecular weight is 227 g/mol. The summed E-state index contributed by atoms with van der Waals surface area (Å²) in [6.07, 6.45) is 4.36. The largest absolute Gasteiger partial charge is 0.478 e. The maximum absolute atomic E-state index is 10.6. The van der Waals surface area contributed by atoms with Crippen molar-refractivity contribution in [3.8, 4) is 0 Å². The summed E-state index contributed by atoms with van der Waals surface area (Å²) in [6, 6.07) is 0. The summed E-state index contributed by atoms with van der Waals surface area (Å²) in [5, 5.41) is 8.74. The molecule has 16 heavy (non-hydrogen) atoms. The summed E-state index contributed by atoms with van der Waals surface area (Å²) in [4.78, 5) is 12.8. The number of carboxylic acids is 1. The van der Waals surface area contributed by atoms with Crippen molar-refractivity contribution in [1.29, 1.82) is 0 Å². The first-order valence-electron chi connectivity index (χ1n) is 5.87. The number of hydrogen-bond acceptors (Lipinski definition) is 3. The molecule has 4 heteroatoms. The lowest BCUT2D eigenvalue weighted by atomic mass is 10.2. The molecule has 0 aromatic carbocycles. The molecule has 0 aromatic rings. The molecule has 0 aliphatic carbocycles. The number of carboxylic acid groups (broad SMARTS) is 1. The van der Waals surface area contributed by atoms with E-state index in [2.05, 4.69) is 11.8 Å². The lowest BCUT2D eigenvalue weighted by Crippen LogP contribution is -2.32. The number of rotatable bonds is 6. The lowest BCUT2D eigenvalue weighted by molar-refractivity contribution is -0.132. The Balaban J connectivity index is 2.36. The molecule has 1 N–H and O–H groups in total. The number of carbonyl (C=O) groups is 1. The standard InChI is InChI=1S/C12H21NO3/c1-3-13(7-6-10(2)12(14)15)9-11-5-4-8-16-11/h6,11H,3-5,7-9H2,1-2H3,(H,14,15). The van der Waals surface area contributed by atoms with Gasteiger partial charge in [0.25, 0.3) is 0 Å². The Morgan fingerprint density at radius 1 is 1.62 bits per heavy atom. The molecule has 1 rings (SSSR count). The van der Waals surface area contributed by atoms with Crippen LogP contribution in [0.1, 0.15) is 26.7 Å². The highest BCUT2D eigenvalue weighted by Crippen LogP contribution is 2.13. The molecule has 1 fully saturated rings. The normalized spacial score (nSPS) is 21.7. The first-order valence-corrected chi connectivity index (χ1v) is 5.87. The van der Waals surface area contributed by atoms with Crippen LogP contribution in [0, 0.1) is 0 Å². The zero-order valence-corrected chi connectivity index (χ0v) is 10.1. The van der Waals surface area contributed by atoms with E-state index in [9.17, 15) is 4.79 Å². The second-order valence-electron chi connectivity index (χ2n) is 4.18. The molecule has 1 atom stereocenters. The minimum absolute atomic E-state index is 0.332. The summed E-state index contributed by atoms with van der Waals surface area (Å²) in [6.45, 7) is 7.09. The quantitative estimate of drug-likeness (QED) is 0.699. The van der Waals surface area contributed by atoms with Crippen LogP contribution in [0.3, 0.4) is 0 Å². The van der Waals surface area contributed by atoms with Gasteiger partial charge in [0.15, 0.2) is 0 Å². The van der Waals surface area contributed by atoms with E-state index in [1.807, 2.05) is 0 Å². The topological polar surface area (TPSA) is 49.8 Å². The summed E-state index contributed by atoms with van der Waals surface area (Å²) in [5.74, 6) is -0.840. The van der Waals surface area contributed by atoms with Crippen molar-refractivity contribution >= 4 is 5.97 Å². The fourth-order valence-corrected chi connectivity index (χ4v) is 1.76. The third-order valence-corrected chi connectivity index (χ3v) is 2.93. The van der Waals surface area contributed by atoms with Gasteiger partial charge in [0.2, 0.25) is 0 Å². The van der Waals surface area contributed by atoms with Gasteiger partial charge in [-0.2, -0.15) is 0 Å². The Morgan fingerprint density at radius 2 is 2.38 bits per heavy atom. The van der Waals surface area contributed by atoms with E-state index in [0.29, 0.717) is 18.2 Å². The molecule has 0 bridgehead atoms. The summed E-state index contributed by atoms with van der Waals surface area (Å²) < 4.78 is 5.56. The van der Waals surface area contributed by atoms with Crippen LogP contribution in [0.4, 0.5) is 0 Å². The molecule has 92 valence electrons. The van der Waals surface area contributed by atoms with Gasteiger partial charge in [-0.05, 0) is 26.3 Å². The van der Waals surface area contributed by atoms with Crippen LogP contribution in [0.5, 0.6) is 0 Å². The van der Waals surface area contributed by atoms with E-state index in [0.717, 1.165) is 32.5 Å². The molecule has 1 heterocycles. The van der Waals surface area contributed by atoms with Gasteiger partial charge in [0.05, 0.1) is 6.10 Å². The summed E-state index contributed by atoms with van der Waals surface area (Å²) in [5.41, 5.74) is 0.408. The minimum Gasteiger partial charge on any atom is -0.478 e. The molecule has 1 saturated heterocycles. The average Bonchev–Trinajstić information content (AvgIpc) is 2.76. The summed E-state index contributed by atoms with van der Waals surface area (Å²) in [7, 11) is 0. The van der Waals surface area contributed by atoms with Gasteiger partial charge in [-0.1, -0.05) is 13.0 Å². The van der Waals surface area contributed by atoms with Crippen molar-refractivity contribution in [3.63, 3.8) is 0 Å². The predicted octanol–water partition coefficient (Wildman–Crippen LogP) is 1.52. The molecule has 0 aromatic heterocycles. The molecule has 4 nitrogen and oxygen atoms in total. The van der Waals surface area contributed by atoms with Crippen molar-refractivity contribution in [2.75, 3.05) is 26.2 Å². The molecular weight excluding hydrogens is 206 g/mol. The Morgan fingerprint density at radius 3 is 2.88 bits per heavy atom. The predicted molar refractivity (Wildman–Crippen MR) is 62.5 cm³/mol. The van der Waals surface area contributed by atoms with Crippen molar-refractivity contribution in [2.24, 2.45) is 0 Å². The van der Waals surface area contributed by atoms with Gasteiger partial charge in [-0.25, -0.2) is 4.79 Å². The molecule has 1 aliphatic heterocycles. The smallest absolute Gasteiger partial charge is 0.330 e. The number of ether oxygens (including phenoxy) is 1. The Labute approximate surface area is 96.9 Å². The number of nitrogens with zero attached hydrogens (tertiary/aromatic N) is 1. The lowest BCUT2D eigenvalue weighted by Gasteiger charge is -2.22. The maximum Gasteiger partial charge on any atom is 0.330 e. The zero-order chi connectivity index (χ0) is 12.0. The van der Waals surface area contributed by atoms with Crippen LogP contribution in [0.25, 0.3) is 0 Å². The van der Waals surface area contributed by atoms with Crippen molar-refractivity contribution < 1.29 is 14.6 Å². The van der Waals surface area contributed by atoms with Gasteiger partial charge in [0, 0.05) is 25.3 Å². The Kier molecular flexibility index (Phi) is 5.49. The van der Waals surface area contributed by atoms with Crippen molar-refractivity contribution in [2.45, 2.75) is 32.8 Å². The zero-order valence-electron chi connectivity index (χ0n) is 10.1.